The van der Waals surface area contributed by atoms with Crippen LogP contribution in [0.5, 0.6) is 0 Å². The van der Waals surface area contributed by atoms with Gasteiger partial charge in [-0.2, -0.15) is 0 Å². The van der Waals surface area contributed by atoms with Crippen molar-refractivity contribution in [2.24, 2.45) is 0 Å². The largest absolute Gasteiger partial charge is 0.346 e. The van der Waals surface area contributed by atoms with Gasteiger partial charge in [-0.1, -0.05) is 0 Å². The quantitative estimate of drug-likeness (QED) is 0.722. The molecule has 11 heavy (non-hydrogen) atoms. The monoisotopic (exact) mass is 258 g/mol. The van der Waals surface area contributed by atoms with Crippen LogP contribution < -0.4 is 0 Å². The molecule has 0 aromatic carbocycles. The molecule has 0 radical (unpaired) electrons. The van der Waals surface area contributed by atoms with Gasteiger partial charge < -0.3 is 4.98 Å². The van der Waals surface area contributed by atoms with Gasteiger partial charge in [0.2, 0.25) is 0 Å². The van der Waals surface area contributed by atoms with Gasteiger partial charge in [0, 0.05) is 21.4 Å². The Morgan fingerprint density at radius 1 is 1.55 bits per heavy atom. The molecule has 0 saturated carbocycles. The molecule has 0 aliphatic rings. The van der Waals surface area contributed by atoms with Crippen molar-refractivity contribution in [1.82, 2.24) is 9.97 Å². The fourth-order valence-electron chi connectivity index (χ4n) is 1.12. The zero-order chi connectivity index (χ0) is 7.84. The third-order valence-corrected chi connectivity index (χ3v) is 2.88. The highest BCUT2D eigenvalue weighted by molar-refractivity contribution is 14.1. The van der Waals surface area contributed by atoms with Crippen LogP contribution in [0.2, 0.25) is 0 Å². The van der Waals surface area contributed by atoms with Crippen molar-refractivity contribution in [2.45, 2.75) is 6.92 Å². The number of aryl methyl sites for hydroxylation is 1. The van der Waals surface area contributed by atoms with E-state index in [1.807, 2.05) is 12.4 Å². The number of fused-ring (bicyclic) bond motifs is 1. The standard InChI is InChI=1S/C8H7IN2/c1-5-6-2-3-10-8(6)11-4-7(5)9/h2-4H,1H3,(H,10,11). The molecule has 0 spiro atoms. The Balaban J connectivity index is 2.93. The second-order valence-electron chi connectivity index (χ2n) is 2.47. The summed E-state index contributed by atoms with van der Waals surface area (Å²) in [6.07, 6.45) is 3.80. The van der Waals surface area contributed by atoms with Crippen molar-refractivity contribution >= 4 is 33.6 Å². The Hall–Kier alpha value is -0.580. The number of nitrogens with one attached hydrogen (secondary N) is 1. The molecule has 0 bridgehead atoms. The molecule has 0 atom stereocenters. The molecule has 0 aliphatic carbocycles. The van der Waals surface area contributed by atoms with Crippen molar-refractivity contribution in [2.75, 3.05) is 0 Å². The molecular formula is C8H7IN2. The maximum atomic E-state index is 4.24. The SMILES string of the molecule is Cc1c(I)cnc2[nH]ccc12. The molecule has 2 aromatic heterocycles. The molecule has 2 aromatic rings. The van der Waals surface area contributed by atoms with Gasteiger partial charge in [-0.05, 0) is 41.1 Å². The van der Waals surface area contributed by atoms with Crippen LogP contribution in [0.15, 0.2) is 18.5 Å². The summed E-state index contributed by atoms with van der Waals surface area (Å²) in [5.74, 6) is 0. The lowest BCUT2D eigenvalue weighted by atomic mass is 10.2. The summed E-state index contributed by atoms with van der Waals surface area (Å²) >= 11 is 2.29. The number of aromatic amines is 1. The minimum absolute atomic E-state index is 0.975. The Morgan fingerprint density at radius 2 is 2.36 bits per heavy atom. The van der Waals surface area contributed by atoms with Gasteiger partial charge in [0.1, 0.15) is 5.65 Å². The maximum Gasteiger partial charge on any atom is 0.137 e. The number of hydrogen-bond donors (Lipinski definition) is 1. The van der Waals surface area contributed by atoms with Gasteiger partial charge in [-0.3, -0.25) is 0 Å². The fourth-order valence-corrected chi connectivity index (χ4v) is 1.55. The zero-order valence-corrected chi connectivity index (χ0v) is 8.21. The van der Waals surface area contributed by atoms with E-state index in [1.54, 1.807) is 0 Å². The van der Waals surface area contributed by atoms with Gasteiger partial charge in [-0.25, -0.2) is 4.98 Å². The third kappa shape index (κ3) is 1.03. The summed E-state index contributed by atoms with van der Waals surface area (Å²) in [6.45, 7) is 2.11. The molecule has 0 fully saturated rings. The predicted molar refractivity (Wildman–Crippen MR) is 53.5 cm³/mol. The molecule has 2 nitrogen and oxygen atoms in total. The Labute approximate surface area is 78.2 Å². The molecule has 2 heterocycles. The zero-order valence-electron chi connectivity index (χ0n) is 6.06. The summed E-state index contributed by atoms with van der Waals surface area (Å²) in [5.41, 5.74) is 2.28. The Morgan fingerprint density at radius 3 is 3.18 bits per heavy atom. The van der Waals surface area contributed by atoms with E-state index in [1.165, 1.54) is 14.5 Å². The van der Waals surface area contributed by atoms with E-state index >= 15 is 0 Å². The van der Waals surface area contributed by atoms with Crippen LogP contribution in [0, 0.1) is 10.5 Å². The van der Waals surface area contributed by atoms with Gasteiger partial charge in [0.25, 0.3) is 0 Å². The minimum Gasteiger partial charge on any atom is -0.346 e. The summed E-state index contributed by atoms with van der Waals surface area (Å²) in [6, 6.07) is 2.06. The van der Waals surface area contributed by atoms with E-state index in [9.17, 15) is 0 Å². The van der Waals surface area contributed by atoms with Crippen molar-refractivity contribution in [3.63, 3.8) is 0 Å². The first-order valence-electron chi connectivity index (χ1n) is 3.37. The molecule has 1 N–H and O–H groups in total. The molecule has 0 unspecified atom stereocenters. The molecule has 2 rings (SSSR count). The second-order valence-corrected chi connectivity index (χ2v) is 3.63. The Bertz CT molecular complexity index is 392. The van der Waals surface area contributed by atoms with E-state index in [0.29, 0.717) is 0 Å². The van der Waals surface area contributed by atoms with Crippen LogP contribution in [0.4, 0.5) is 0 Å². The first kappa shape index (κ1) is 7.09. The summed E-state index contributed by atoms with van der Waals surface area (Å²) in [5, 5.41) is 1.22. The van der Waals surface area contributed by atoms with E-state index in [-0.39, 0.29) is 0 Å². The normalized spacial score (nSPS) is 10.7. The smallest absolute Gasteiger partial charge is 0.137 e. The van der Waals surface area contributed by atoms with Crippen molar-refractivity contribution in [3.8, 4) is 0 Å². The summed E-state index contributed by atoms with van der Waals surface area (Å²) < 4.78 is 1.22. The fraction of sp³-hybridized carbons (Fsp3) is 0.125. The van der Waals surface area contributed by atoms with Crippen LogP contribution in [0.3, 0.4) is 0 Å². The van der Waals surface area contributed by atoms with Gasteiger partial charge in [-0.15, -0.1) is 0 Å². The molecule has 0 aliphatic heterocycles. The Kier molecular flexibility index (Phi) is 1.60. The van der Waals surface area contributed by atoms with Gasteiger partial charge in [0.15, 0.2) is 0 Å². The molecule has 0 saturated heterocycles. The molecule has 0 amide bonds. The first-order valence-corrected chi connectivity index (χ1v) is 4.45. The molecular weight excluding hydrogens is 251 g/mol. The number of rotatable bonds is 0. The number of H-pyrrole nitrogens is 1. The van der Waals surface area contributed by atoms with Crippen molar-refractivity contribution in [3.05, 3.63) is 27.6 Å². The predicted octanol–water partition coefficient (Wildman–Crippen LogP) is 2.48. The van der Waals surface area contributed by atoms with Crippen LogP contribution in [0.1, 0.15) is 5.56 Å². The average molecular weight is 258 g/mol. The number of aromatic nitrogens is 2. The highest BCUT2D eigenvalue weighted by Crippen LogP contribution is 2.19. The van der Waals surface area contributed by atoms with E-state index in [2.05, 4.69) is 45.5 Å². The van der Waals surface area contributed by atoms with Crippen LogP contribution in [-0.2, 0) is 0 Å². The lowest BCUT2D eigenvalue weighted by Gasteiger charge is -1.97. The maximum absolute atomic E-state index is 4.24. The van der Waals surface area contributed by atoms with E-state index < -0.39 is 0 Å². The van der Waals surface area contributed by atoms with Crippen LogP contribution in [-0.4, -0.2) is 9.97 Å². The van der Waals surface area contributed by atoms with Crippen LogP contribution >= 0.6 is 22.6 Å². The number of pyridine rings is 1. The van der Waals surface area contributed by atoms with Gasteiger partial charge >= 0.3 is 0 Å². The highest BCUT2D eigenvalue weighted by atomic mass is 127. The first-order chi connectivity index (χ1) is 5.29. The molecule has 56 valence electrons. The lowest BCUT2D eigenvalue weighted by Crippen LogP contribution is -1.84. The second kappa shape index (κ2) is 2.48. The lowest BCUT2D eigenvalue weighted by molar-refractivity contribution is 1.29. The molecule has 3 heteroatoms. The van der Waals surface area contributed by atoms with E-state index in [4.69, 9.17) is 0 Å². The third-order valence-electron chi connectivity index (χ3n) is 1.79. The van der Waals surface area contributed by atoms with Gasteiger partial charge in [0.05, 0.1) is 0 Å². The number of hydrogen-bond acceptors (Lipinski definition) is 1. The number of nitrogens with zero attached hydrogens (tertiary/aromatic N) is 1. The summed E-state index contributed by atoms with van der Waals surface area (Å²) in [7, 11) is 0. The number of halogens is 1. The average Bonchev–Trinajstić information content (AvgIpc) is 2.45. The summed E-state index contributed by atoms with van der Waals surface area (Å²) in [4.78, 5) is 7.31. The van der Waals surface area contributed by atoms with Crippen molar-refractivity contribution in [1.29, 1.82) is 0 Å². The van der Waals surface area contributed by atoms with Crippen molar-refractivity contribution < 1.29 is 0 Å². The topological polar surface area (TPSA) is 28.7 Å². The van der Waals surface area contributed by atoms with Crippen LogP contribution in [0.25, 0.3) is 11.0 Å². The van der Waals surface area contributed by atoms with E-state index in [0.717, 1.165) is 5.65 Å². The highest BCUT2D eigenvalue weighted by Gasteiger charge is 2.01. The minimum atomic E-state index is 0.975.